The number of aryl methyl sites for hydroxylation is 2. The van der Waals surface area contributed by atoms with Crippen LogP contribution in [0, 0.1) is 6.92 Å². The van der Waals surface area contributed by atoms with Crippen LogP contribution in [0.4, 0.5) is 0 Å². The molecule has 4 nitrogen and oxygen atoms in total. The minimum absolute atomic E-state index is 0.102. The monoisotopic (exact) mass is 285 g/mol. The summed E-state index contributed by atoms with van der Waals surface area (Å²) in [7, 11) is 0. The SMILES string of the molecule is CCn1nc(C(C)C)cc(C(N)c2ccc(C)cc2)c1=O. The van der Waals surface area contributed by atoms with E-state index >= 15 is 0 Å². The van der Waals surface area contributed by atoms with Gasteiger partial charge in [0.05, 0.1) is 11.7 Å². The van der Waals surface area contributed by atoms with Crippen LogP contribution in [0.15, 0.2) is 35.1 Å². The maximum Gasteiger partial charge on any atom is 0.271 e. The van der Waals surface area contributed by atoms with Crippen molar-refractivity contribution in [2.24, 2.45) is 5.73 Å². The zero-order valence-corrected chi connectivity index (χ0v) is 13.1. The van der Waals surface area contributed by atoms with Gasteiger partial charge >= 0.3 is 0 Å². The molecule has 2 N–H and O–H groups in total. The minimum Gasteiger partial charge on any atom is -0.320 e. The fraction of sp³-hybridized carbons (Fsp3) is 0.412. The predicted molar refractivity (Wildman–Crippen MR) is 85.5 cm³/mol. The number of aromatic nitrogens is 2. The molecule has 0 fully saturated rings. The summed E-state index contributed by atoms with van der Waals surface area (Å²) < 4.78 is 1.50. The van der Waals surface area contributed by atoms with Gasteiger partial charge in [-0.05, 0) is 31.4 Å². The van der Waals surface area contributed by atoms with Crippen LogP contribution in [0.25, 0.3) is 0 Å². The first-order valence-electron chi connectivity index (χ1n) is 7.38. The van der Waals surface area contributed by atoms with E-state index in [0.717, 1.165) is 11.3 Å². The molecule has 0 amide bonds. The lowest BCUT2D eigenvalue weighted by Gasteiger charge is -2.16. The summed E-state index contributed by atoms with van der Waals surface area (Å²) in [5.41, 5.74) is 9.85. The first kappa shape index (κ1) is 15.4. The predicted octanol–water partition coefficient (Wildman–Crippen LogP) is 2.74. The van der Waals surface area contributed by atoms with Crippen LogP contribution in [0.1, 0.15) is 55.1 Å². The van der Waals surface area contributed by atoms with E-state index in [1.54, 1.807) is 0 Å². The van der Waals surface area contributed by atoms with E-state index in [9.17, 15) is 4.79 Å². The highest BCUT2D eigenvalue weighted by Crippen LogP contribution is 2.20. The van der Waals surface area contributed by atoms with Gasteiger partial charge < -0.3 is 5.73 Å². The van der Waals surface area contributed by atoms with E-state index in [4.69, 9.17) is 5.73 Å². The van der Waals surface area contributed by atoms with E-state index in [0.29, 0.717) is 12.1 Å². The Morgan fingerprint density at radius 1 is 1.24 bits per heavy atom. The molecule has 0 saturated carbocycles. The summed E-state index contributed by atoms with van der Waals surface area (Å²) in [6.07, 6.45) is 0. The Hall–Kier alpha value is -1.94. The molecule has 0 aliphatic heterocycles. The third-order valence-electron chi connectivity index (χ3n) is 3.68. The molecule has 1 aromatic carbocycles. The zero-order chi connectivity index (χ0) is 15.6. The summed E-state index contributed by atoms with van der Waals surface area (Å²) in [6.45, 7) is 8.62. The Balaban J connectivity index is 2.53. The molecule has 1 aromatic heterocycles. The van der Waals surface area contributed by atoms with Gasteiger partial charge in [-0.25, -0.2) is 4.68 Å². The number of benzene rings is 1. The Labute approximate surface area is 125 Å². The lowest BCUT2D eigenvalue weighted by molar-refractivity contribution is 0.572. The highest BCUT2D eigenvalue weighted by atomic mass is 16.1. The molecular weight excluding hydrogens is 262 g/mol. The van der Waals surface area contributed by atoms with E-state index in [-0.39, 0.29) is 11.5 Å². The standard InChI is InChI=1S/C17H23N3O/c1-5-20-17(21)14(10-15(19-20)11(2)3)16(18)13-8-6-12(4)7-9-13/h6-11,16H,5,18H2,1-4H3. The molecule has 2 rings (SSSR count). The van der Waals surface area contributed by atoms with Gasteiger partial charge in [0.2, 0.25) is 0 Å². The van der Waals surface area contributed by atoms with Crippen molar-refractivity contribution in [3.63, 3.8) is 0 Å². The molecule has 0 spiro atoms. The van der Waals surface area contributed by atoms with E-state index in [1.165, 1.54) is 10.2 Å². The molecule has 1 unspecified atom stereocenters. The molecule has 112 valence electrons. The fourth-order valence-corrected chi connectivity index (χ4v) is 2.26. The van der Waals surface area contributed by atoms with Gasteiger partial charge in [-0.3, -0.25) is 4.79 Å². The normalized spacial score (nSPS) is 12.7. The maximum atomic E-state index is 12.5. The van der Waals surface area contributed by atoms with Crippen LogP contribution >= 0.6 is 0 Å². The second-order valence-corrected chi connectivity index (χ2v) is 5.69. The van der Waals surface area contributed by atoms with Gasteiger partial charge in [-0.15, -0.1) is 0 Å². The number of nitrogens with two attached hydrogens (primary N) is 1. The third kappa shape index (κ3) is 3.22. The van der Waals surface area contributed by atoms with Crippen molar-refractivity contribution >= 4 is 0 Å². The zero-order valence-electron chi connectivity index (χ0n) is 13.1. The molecule has 4 heteroatoms. The lowest BCUT2D eigenvalue weighted by Crippen LogP contribution is -2.31. The van der Waals surface area contributed by atoms with E-state index < -0.39 is 6.04 Å². The average molecular weight is 285 g/mol. The second kappa shape index (κ2) is 6.22. The second-order valence-electron chi connectivity index (χ2n) is 5.69. The third-order valence-corrected chi connectivity index (χ3v) is 3.68. The molecule has 0 bridgehead atoms. The van der Waals surface area contributed by atoms with Crippen molar-refractivity contribution in [2.45, 2.75) is 46.2 Å². The van der Waals surface area contributed by atoms with Crippen molar-refractivity contribution < 1.29 is 0 Å². The Morgan fingerprint density at radius 2 is 1.86 bits per heavy atom. The van der Waals surface area contributed by atoms with E-state index in [2.05, 4.69) is 18.9 Å². The molecule has 1 atom stereocenters. The average Bonchev–Trinajstić information content (AvgIpc) is 2.47. The van der Waals surface area contributed by atoms with Gasteiger partial charge in [-0.1, -0.05) is 43.7 Å². The Morgan fingerprint density at radius 3 is 2.38 bits per heavy atom. The van der Waals surface area contributed by atoms with Crippen molar-refractivity contribution in [1.82, 2.24) is 9.78 Å². The largest absolute Gasteiger partial charge is 0.320 e. The van der Waals surface area contributed by atoms with Gasteiger partial charge in [-0.2, -0.15) is 5.10 Å². The Kier molecular flexibility index (Phi) is 4.58. The fourth-order valence-electron chi connectivity index (χ4n) is 2.26. The van der Waals surface area contributed by atoms with Crippen LogP contribution in [-0.4, -0.2) is 9.78 Å². The van der Waals surface area contributed by atoms with Crippen molar-refractivity contribution in [2.75, 3.05) is 0 Å². The molecule has 1 heterocycles. The summed E-state index contributed by atoms with van der Waals surface area (Å²) in [5, 5.41) is 4.39. The summed E-state index contributed by atoms with van der Waals surface area (Å²) in [5.74, 6) is 0.257. The van der Waals surface area contributed by atoms with Crippen molar-refractivity contribution in [1.29, 1.82) is 0 Å². The van der Waals surface area contributed by atoms with Crippen LogP contribution in [0.3, 0.4) is 0 Å². The quantitative estimate of drug-likeness (QED) is 0.939. The number of rotatable bonds is 4. The van der Waals surface area contributed by atoms with Gasteiger partial charge in [0, 0.05) is 12.1 Å². The highest BCUT2D eigenvalue weighted by Gasteiger charge is 2.17. The molecule has 21 heavy (non-hydrogen) atoms. The number of hydrogen-bond acceptors (Lipinski definition) is 3. The van der Waals surface area contributed by atoms with Crippen LogP contribution < -0.4 is 11.3 Å². The van der Waals surface area contributed by atoms with Gasteiger partial charge in [0.15, 0.2) is 0 Å². The van der Waals surface area contributed by atoms with Crippen molar-refractivity contribution in [3.8, 4) is 0 Å². The van der Waals surface area contributed by atoms with Crippen LogP contribution in [-0.2, 0) is 6.54 Å². The molecule has 0 radical (unpaired) electrons. The summed E-state index contributed by atoms with van der Waals surface area (Å²) in [6, 6.07) is 9.41. The smallest absolute Gasteiger partial charge is 0.271 e. The topological polar surface area (TPSA) is 60.9 Å². The van der Waals surface area contributed by atoms with E-state index in [1.807, 2.05) is 44.2 Å². The molecule has 0 saturated heterocycles. The van der Waals surface area contributed by atoms with Gasteiger partial charge in [0.1, 0.15) is 0 Å². The first-order chi connectivity index (χ1) is 9.93. The number of nitrogens with zero attached hydrogens (tertiary/aromatic N) is 2. The minimum atomic E-state index is -0.420. The van der Waals surface area contributed by atoms with Crippen LogP contribution in [0.2, 0.25) is 0 Å². The molecule has 0 aliphatic rings. The first-order valence-corrected chi connectivity index (χ1v) is 7.38. The molecule has 2 aromatic rings. The molecule has 0 aliphatic carbocycles. The summed E-state index contributed by atoms with van der Waals surface area (Å²) in [4.78, 5) is 12.5. The lowest BCUT2D eigenvalue weighted by atomic mass is 9.98. The Bertz CT molecular complexity index is 671. The van der Waals surface area contributed by atoms with Crippen molar-refractivity contribution in [3.05, 3.63) is 63.1 Å². The summed E-state index contributed by atoms with van der Waals surface area (Å²) >= 11 is 0. The highest BCUT2D eigenvalue weighted by molar-refractivity contribution is 5.32. The molecular formula is C17H23N3O. The van der Waals surface area contributed by atoms with Crippen LogP contribution in [0.5, 0.6) is 0 Å². The maximum absolute atomic E-state index is 12.5. The van der Waals surface area contributed by atoms with Gasteiger partial charge in [0.25, 0.3) is 5.56 Å². The number of hydrogen-bond donors (Lipinski definition) is 1.